The number of hydrogen-bond acceptors (Lipinski definition) is 3. The van der Waals surface area contributed by atoms with Gasteiger partial charge in [-0.15, -0.1) is 0 Å². The third-order valence-electron chi connectivity index (χ3n) is 4.36. The Morgan fingerprint density at radius 3 is 2.24 bits per heavy atom. The van der Waals surface area contributed by atoms with Crippen LogP contribution in [0.1, 0.15) is 19.4 Å². The first-order valence-corrected chi connectivity index (χ1v) is 9.51. The number of nitrogens with one attached hydrogen (secondary N) is 3. The molecule has 0 aliphatic heterocycles. The molecule has 2 aromatic carbocycles. The number of hydrogen-bond donors (Lipinski definition) is 3. The van der Waals surface area contributed by atoms with E-state index in [2.05, 4.69) is 21.0 Å². The molecule has 0 saturated carbocycles. The Morgan fingerprint density at radius 1 is 0.931 bits per heavy atom. The molecular formula is C22H25N5O2. The first-order chi connectivity index (χ1) is 14.0. The average Bonchev–Trinajstić information content (AvgIpc) is 3.14. The van der Waals surface area contributed by atoms with E-state index in [1.165, 1.54) is 0 Å². The number of urea groups is 1. The lowest BCUT2D eigenvalue weighted by Crippen LogP contribution is -2.48. The highest BCUT2D eigenvalue weighted by atomic mass is 16.2. The summed E-state index contributed by atoms with van der Waals surface area (Å²) in [7, 11) is 0. The fourth-order valence-corrected chi connectivity index (χ4v) is 2.87. The van der Waals surface area contributed by atoms with Gasteiger partial charge in [-0.2, -0.15) is 5.10 Å². The van der Waals surface area contributed by atoms with Crippen molar-refractivity contribution in [3.8, 4) is 0 Å². The molecule has 1 unspecified atom stereocenters. The second-order valence-corrected chi connectivity index (χ2v) is 7.09. The van der Waals surface area contributed by atoms with Crippen molar-refractivity contribution in [1.82, 2.24) is 15.1 Å². The summed E-state index contributed by atoms with van der Waals surface area (Å²) in [6, 6.07) is 17.9. The lowest BCUT2D eigenvalue weighted by atomic mass is 10.0. The van der Waals surface area contributed by atoms with E-state index in [4.69, 9.17) is 0 Å². The van der Waals surface area contributed by atoms with Crippen molar-refractivity contribution in [2.75, 3.05) is 10.6 Å². The quantitative estimate of drug-likeness (QED) is 0.574. The Balaban J connectivity index is 1.59. The number of para-hydroxylation sites is 1. The van der Waals surface area contributed by atoms with Gasteiger partial charge in [0, 0.05) is 11.9 Å². The van der Waals surface area contributed by atoms with Crippen molar-refractivity contribution >= 4 is 23.3 Å². The summed E-state index contributed by atoms with van der Waals surface area (Å²) in [4.78, 5) is 25.0. The van der Waals surface area contributed by atoms with Crippen LogP contribution in [0.3, 0.4) is 0 Å². The number of rotatable bonds is 7. The number of anilines is 2. The van der Waals surface area contributed by atoms with Gasteiger partial charge in [-0.25, -0.2) is 4.79 Å². The van der Waals surface area contributed by atoms with E-state index in [0.29, 0.717) is 17.9 Å². The molecule has 1 atom stereocenters. The van der Waals surface area contributed by atoms with Crippen molar-refractivity contribution in [2.24, 2.45) is 5.92 Å². The Hall–Kier alpha value is -3.61. The van der Waals surface area contributed by atoms with E-state index in [1.807, 2.05) is 62.4 Å². The first kappa shape index (κ1) is 20.1. The number of aromatic nitrogens is 2. The highest BCUT2D eigenvalue weighted by Crippen LogP contribution is 2.11. The van der Waals surface area contributed by atoms with Crippen molar-refractivity contribution in [1.29, 1.82) is 0 Å². The molecule has 3 aromatic rings. The van der Waals surface area contributed by atoms with Crippen LogP contribution in [0.4, 0.5) is 16.2 Å². The van der Waals surface area contributed by atoms with Crippen molar-refractivity contribution in [3.63, 3.8) is 0 Å². The summed E-state index contributed by atoms with van der Waals surface area (Å²) in [5, 5.41) is 12.6. The minimum absolute atomic E-state index is 0.0871. The van der Waals surface area contributed by atoms with Crippen LogP contribution in [0.5, 0.6) is 0 Å². The average molecular weight is 391 g/mol. The molecule has 29 heavy (non-hydrogen) atoms. The third-order valence-corrected chi connectivity index (χ3v) is 4.36. The summed E-state index contributed by atoms with van der Waals surface area (Å²) in [6.45, 7) is 4.37. The van der Waals surface area contributed by atoms with E-state index in [-0.39, 0.29) is 11.8 Å². The smallest absolute Gasteiger partial charge is 0.319 e. The molecule has 0 spiro atoms. The van der Waals surface area contributed by atoms with Gasteiger partial charge in [-0.05, 0) is 23.6 Å². The number of carbonyl (C=O) groups is 2. The number of amides is 3. The summed E-state index contributed by atoms with van der Waals surface area (Å²) in [6.07, 6.45) is 3.37. The zero-order valence-corrected chi connectivity index (χ0v) is 16.5. The van der Waals surface area contributed by atoms with Gasteiger partial charge < -0.3 is 16.0 Å². The van der Waals surface area contributed by atoms with Gasteiger partial charge in [0.05, 0.1) is 18.4 Å². The lowest BCUT2D eigenvalue weighted by Gasteiger charge is -2.21. The van der Waals surface area contributed by atoms with Gasteiger partial charge in [-0.3, -0.25) is 9.48 Å². The molecule has 3 N–H and O–H groups in total. The Morgan fingerprint density at radius 2 is 1.59 bits per heavy atom. The van der Waals surface area contributed by atoms with Crippen molar-refractivity contribution in [3.05, 3.63) is 78.6 Å². The Labute approximate surface area is 170 Å². The van der Waals surface area contributed by atoms with Crippen LogP contribution in [0.25, 0.3) is 0 Å². The number of benzene rings is 2. The topological polar surface area (TPSA) is 88.1 Å². The monoisotopic (exact) mass is 391 g/mol. The minimum atomic E-state index is -0.684. The fraction of sp³-hybridized carbons (Fsp3) is 0.227. The molecule has 150 valence electrons. The highest BCUT2D eigenvalue weighted by Gasteiger charge is 2.24. The molecule has 3 amide bonds. The molecule has 0 radical (unpaired) electrons. The lowest BCUT2D eigenvalue weighted by molar-refractivity contribution is -0.118. The second kappa shape index (κ2) is 9.54. The molecule has 0 aliphatic carbocycles. The van der Waals surface area contributed by atoms with Gasteiger partial charge >= 0.3 is 6.03 Å². The zero-order valence-electron chi connectivity index (χ0n) is 16.5. The van der Waals surface area contributed by atoms with E-state index >= 15 is 0 Å². The third kappa shape index (κ3) is 5.93. The Kier molecular flexibility index (Phi) is 6.63. The van der Waals surface area contributed by atoms with E-state index < -0.39 is 12.1 Å². The summed E-state index contributed by atoms with van der Waals surface area (Å²) < 4.78 is 1.75. The van der Waals surface area contributed by atoms with Crippen LogP contribution < -0.4 is 16.0 Å². The second-order valence-electron chi connectivity index (χ2n) is 7.09. The largest absolute Gasteiger partial charge is 0.326 e. The number of carbonyl (C=O) groups excluding carboxylic acids is 2. The van der Waals surface area contributed by atoms with Crippen LogP contribution in [-0.4, -0.2) is 27.8 Å². The molecular weight excluding hydrogens is 366 g/mol. The zero-order chi connectivity index (χ0) is 20.6. The summed E-state index contributed by atoms with van der Waals surface area (Å²) in [5.74, 6) is -0.377. The maximum atomic E-state index is 12.7. The van der Waals surface area contributed by atoms with Crippen LogP contribution in [0.15, 0.2) is 73.1 Å². The normalized spacial score (nSPS) is 11.7. The standard InChI is InChI=1S/C22H25N5O2/c1-16(2)20(26-22(29)25-18-11-7-4-8-12-18)21(28)24-19-13-23-27(15-19)14-17-9-5-3-6-10-17/h3-13,15-16,20H,14H2,1-2H3,(H,24,28)(H2,25,26,29). The fourth-order valence-electron chi connectivity index (χ4n) is 2.87. The Bertz CT molecular complexity index is 938. The van der Waals surface area contributed by atoms with E-state index in [0.717, 1.165) is 5.56 Å². The molecule has 1 heterocycles. The molecule has 1 aromatic heterocycles. The van der Waals surface area contributed by atoms with E-state index in [1.54, 1.807) is 29.2 Å². The van der Waals surface area contributed by atoms with Gasteiger partial charge in [0.25, 0.3) is 0 Å². The van der Waals surface area contributed by atoms with Crippen molar-refractivity contribution < 1.29 is 9.59 Å². The minimum Gasteiger partial charge on any atom is -0.326 e. The molecule has 7 heteroatoms. The van der Waals surface area contributed by atoms with Crippen LogP contribution in [-0.2, 0) is 11.3 Å². The van der Waals surface area contributed by atoms with Crippen molar-refractivity contribution in [2.45, 2.75) is 26.4 Å². The van der Waals surface area contributed by atoms with Gasteiger partial charge in [-0.1, -0.05) is 62.4 Å². The maximum Gasteiger partial charge on any atom is 0.319 e. The summed E-state index contributed by atoms with van der Waals surface area (Å²) in [5.41, 5.74) is 2.37. The van der Waals surface area contributed by atoms with E-state index in [9.17, 15) is 9.59 Å². The predicted octanol–water partition coefficient (Wildman–Crippen LogP) is 3.72. The number of nitrogens with zero attached hydrogens (tertiary/aromatic N) is 2. The molecule has 3 rings (SSSR count). The van der Waals surface area contributed by atoms with Gasteiger partial charge in [0.1, 0.15) is 6.04 Å². The molecule has 7 nitrogen and oxygen atoms in total. The highest BCUT2D eigenvalue weighted by molar-refractivity contribution is 5.99. The first-order valence-electron chi connectivity index (χ1n) is 9.51. The van der Waals surface area contributed by atoms with Crippen LogP contribution in [0.2, 0.25) is 0 Å². The van der Waals surface area contributed by atoms with Crippen LogP contribution >= 0.6 is 0 Å². The van der Waals surface area contributed by atoms with Gasteiger partial charge in [0.15, 0.2) is 0 Å². The molecule has 0 fully saturated rings. The molecule has 0 bridgehead atoms. The maximum absolute atomic E-state index is 12.7. The predicted molar refractivity (Wildman–Crippen MR) is 114 cm³/mol. The molecule has 0 saturated heterocycles. The SMILES string of the molecule is CC(C)C(NC(=O)Nc1ccccc1)C(=O)Nc1cnn(Cc2ccccc2)c1. The molecule has 0 aliphatic rings. The van der Waals surface area contributed by atoms with Gasteiger partial charge in [0.2, 0.25) is 5.91 Å². The summed E-state index contributed by atoms with van der Waals surface area (Å²) >= 11 is 0. The van der Waals surface area contributed by atoms with Crippen LogP contribution in [0, 0.1) is 5.92 Å².